The summed E-state index contributed by atoms with van der Waals surface area (Å²) >= 11 is -2.16. The summed E-state index contributed by atoms with van der Waals surface area (Å²) in [6.07, 6.45) is 1.51. The predicted molar refractivity (Wildman–Crippen MR) is 54.5 cm³/mol. The molecule has 0 aliphatic heterocycles. The fraction of sp³-hybridized carbons (Fsp3) is 0.333. The van der Waals surface area contributed by atoms with E-state index in [-0.39, 0.29) is 6.42 Å². The highest BCUT2D eigenvalue weighted by atomic mass is 32.2. The first-order valence-corrected chi connectivity index (χ1v) is 5.45. The zero-order valence-corrected chi connectivity index (χ0v) is 8.99. The van der Waals surface area contributed by atoms with Crippen LogP contribution in [0.15, 0.2) is 18.3 Å². The van der Waals surface area contributed by atoms with Gasteiger partial charge in [-0.05, 0) is 29.6 Å². The SMILES string of the molecule is CC(c1ccc(CC(N)=O)nc1)S(=O)[O-]. The second-order valence-corrected chi connectivity index (χ2v) is 4.36. The summed E-state index contributed by atoms with van der Waals surface area (Å²) in [7, 11) is 0. The average molecular weight is 227 g/mol. The van der Waals surface area contributed by atoms with Crippen LogP contribution in [0, 0.1) is 0 Å². The lowest BCUT2D eigenvalue weighted by Crippen LogP contribution is -2.14. The Kier molecular flexibility index (Phi) is 3.93. The number of amides is 1. The van der Waals surface area contributed by atoms with E-state index in [9.17, 15) is 13.6 Å². The quantitative estimate of drug-likeness (QED) is 0.735. The van der Waals surface area contributed by atoms with Gasteiger partial charge in [-0.2, -0.15) is 0 Å². The normalized spacial score (nSPS) is 14.5. The highest BCUT2D eigenvalue weighted by Crippen LogP contribution is 2.16. The van der Waals surface area contributed by atoms with E-state index in [0.29, 0.717) is 11.3 Å². The van der Waals surface area contributed by atoms with Crippen molar-refractivity contribution >= 4 is 17.0 Å². The van der Waals surface area contributed by atoms with E-state index < -0.39 is 22.2 Å². The fourth-order valence-corrected chi connectivity index (χ4v) is 1.43. The molecule has 0 spiro atoms. The third kappa shape index (κ3) is 3.41. The van der Waals surface area contributed by atoms with Crippen LogP contribution in [0.3, 0.4) is 0 Å². The van der Waals surface area contributed by atoms with Crippen LogP contribution in [0.1, 0.15) is 23.4 Å². The van der Waals surface area contributed by atoms with Crippen LogP contribution in [0.5, 0.6) is 0 Å². The lowest BCUT2D eigenvalue weighted by atomic mass is 10.2. The largest absolute Gasteiger partial charge is 0.772 e. The average Bonchev–Trinajstić information content (AvgIpc) is 2.17. The number of rotatable bonds is 4. The number of nitrogens with two attached hydrogens (primary N) is 1. The summed E-state index contributed by atoms with van der Waals surface area (Å²) in [4.78, 5) is 14.5. The second-order valence-electron chi connectivity index (χ2n) is 3.13. The highest BCUT2D eigenvalue weighted by molar-refractivity contribution is 7.79. The van der Waals surface area contributed by atoms with Gasteiger partial charge in [0.1, 0.15) is 0 Å². The molecule has 0 aliphatic rings. The molecule has 0 aromatic carbocycles. The molecule has 1 heterocycles. The summed E-state index contributed by atoms with van der Waals surface area (Å²) in [5, 5.41) is -0.597. The van der Waals surface area contributed by atoms with Gasteiger partial charge in [-0.1, -0.05) is 6.07 Å². The number of carbonyl (C=O) groups is 1. The van der Waals surface area contributed by atoms with E-state index in [1.165, 1.54) is 6.20 Å². The molecule has 6 heteroatoms. The molecule has 1 rings (SSSR count). The van der Waals surface area contributed by atoms with Gasteiger partial charge in [0.15, 0.2) is 0 Å². The molecule has 0 radical (unpaired) electrons. The van der Waals surface area contributed by atoms with Gasteiger partial charge in [-0.15, -0.1) is 0 Å². The Morgan fingerprint density at radius 1 is 1.67 bits per heavy atom. The van der Waals surface area contributed by atoms with Crippen molar-refractivity contribution in [3.63, 3.8) is 0 Å². The summed E-state index contributed by atoms with van der Waals surface area (Å²) in [5.41, 5.74) is 6.12. The van der Waals surface area contributed by atoms with E-state index in [0.717, 1.165) is 0 Å². The molecule has 82 valence electrons. The lowest BCUT2D eigenvalue weighted by molar-refractivity contribution is -0.117. The van der Waals surface area contributed by atoms with E-state index >= 15 is 0 Å². The Balaban J connectivity index is 2.80. The van der Waals surface area contributed by atoms with Gasteiger partial charge in [-0.25, -0.2) is 0 Å². The van der Waals surface area contributed by atoms with Crippen LogP contribution in [-0.2, 0) is 22.3 Å². The molecule has 1 amide bonds. The number of carbonyl (C=O) groups excluding carboxylic acids is 1. The van der Waals surface area contributed by atoms with Crippen molar-refractivity contribution in [2.45, 2.75) is 18.6 Å². The monoisotopic (exact) mass is 227 g/mol. The second kappa shape index (κ2) is 4.99. The van der Waals surface area contributed by atoms with Gasteiger partial charge in [0.2, 0.25) is 5.91 Å². The van der Waals surface area contributed by atoms with Gasteiger partial charge in [0.25, 0.3) is 0 Å². The molecule has 1 aromatic heterocycles. The van der Waals surface area contributed by atoms with Crippen molar-refractivity contribution in [1.82, 2.24) is 4.98 Å². The van der Waals surface area contributed by atoms with Crippen LogP contribution < -0.4 is 5.73 Å². The van der Waals surface area contributed by atoms with Gasteiger partial charge in [0, 0.05) is 17.1 Å². The zero-order chi connectivity index (χ0) is 11.4. The minimum atomic E-state index is -2.16. The molecule has 2 atom stereocenters. The van der Waals surface area contributed by atoms with E-state index in [1.807, 2.05) is 0 Å². The Bertz CT molecular complexity index is 377. The summed E-state index contributed by atoms with van der Waals surface area (Å²) < 4.78 is 21.3. The standard InChI is InChI=1S/C9H12N2O3S/c1-6(15(13)14)7-2-3-8(11-5-7)4-9(10)12/h2-3,5-6H,4H2,1H3,(H2,10,12)(H,13,14)/p-1. The number of pyridine rings is 1. The fourth-order valence-electron chi connectivity index (χ4n) is 1.07. The van der Waals surface area contributed by atoms with Crippen molar-refractivity contribution in [2.24, 2.45) is 5.73 Å². The maximum Gasteiger partial charge on any atom is 0.223 e. The first-order valence-electron chi connectivity index (χ1n) is 4.32. The molecule has 0 saturated carbocycles. The third-order valence-corrected chi connectivity index (χ3v) is 2.81. The van der Waals surface area contributed by atoms with E-state index in [4.69, 9.17) is 5.73 Å². The van der Waals surface area contributed by atoms with Crippen LogP contribution in [-0.4, -0.2) is 19.7 Å². The van der Waals surface area contributed by atoms with Crippen LogP contribution in [0.25, 0.3) is 0 Å². The van der Waals surface area contributed by atoms with Gasteiger partial charge in [-0.3, -0.25) is 14.0 Å². The van der Waals surface area contributed by atoms with Gasteiger partial charge < -0.3 is 10.3 Å². The zero-order valence-electron chi connectivity index (χ0n) is 8.17. The third-order valence-electron chi connectivity index (χ3n) is 1.96. The van der Waals surface area contributed by atoms with Crippen LogP contribution in [0.2, 0.25) is 0 Å². The summed E-state index contributed by atoms with van der Waals surface area (Å²) in [6.45, 7) is 1.56. The molecule has 2 N–H and O–H groups in total. The minimum absolute atomic E-state index is 0.0646. The van der Waals surface area contributed by atoms with E-state index in [1.54, 1.807) is 19.1 Å². The van der Waals surface area contributed by atoms with Crippen molar-refractivity contribution in [3.8, 4) is 0 Å². The maximum atomic E-state index is 10.7. The molecule has 0 bridgehead atoms. The predicted octanol–water partition coefficient (Wildman–Crippen LogP) is 0.0495. The van der Waals surface area contributed by atoms with Crippen molar-refractivity contribution in [2.75, 3.05) is 0 Å². The molecule has 0 aliphatic carbocycles. The van der Waals surface area contributed by atoms with Crippen LogP contribution >= 0.6 is 0 Å². The molecular weight excluding hydrogens is 216 g/mol. The molecule has 0 saturated heterocycles. The van der Waals surface area contributed by atoms with Gasteiger partial charge >= 0.3 is 0 Å². The molecular formula is C9H11N2O3S-. The Morgan fingerprint density at radius 3 is 2.73 bits per heavy atom. The van der Waals surface area contributed by atoms with Crippen molar-refractivity contribution < 1.29 is 13.6 Å². The Labute approximate surface area is 90.0 Å². The smallest absolute Gasteiger partial charge is 0.223 e. The highest BCUT2D eigenvalue weighted by Gasteiger charge is 2.06. The summed E-state index contributed by atoms with van der Waals surface area (Å²) in [6, 6.07) is 3.23. The first-order chi connectivity index (χ1) is 7.00. The van der Waals surface area contributed by atoms with E-state index in [2.05, 4.69) is 4.98 Å². The lowest BCUT2D eigenvalue weighted by Gasteiger charge is -2.14. The number of nitrogens with zero attached hydrogens (tertiary/aromatic N) is 1. The minimum Gasteiger partial charge on any atom is -0.772 e. The summed E-state index contributed by atoms with van der Waals surface area (Å²) in [5.74, 6) is -0.462. The molecule has 15 heavy (non-hydrogen) atoms. The van der Waals surface area contributed by atoms with Crippen molar-refractivity contribution in [3.05, 3.63) is 29.6 Å². The topological polar surface area (TPSA) is 96.1 Å². The molecule has 2 unspecified atom stereocenters. The van der Waals surface area contributed by atoms with Crippen LogP contribution in [0.4, 0.5) is 0 Å². The Morgan fingerprint density at radius 2 is 2.33 bits per heavy atom. The number of hydrogen-bond acceptors (Lipinski definition) is 4. The Hall–Kier alpha value is -1.27. The number of hydrogen-bond donors (Lipinski definition) is 1. The van der Waals surface area contributed by atoms with Crippen molar-refractivity contribution in [1.29, 1.82) is 0 Å². The molecule has 5 nitrogen and oxygen atoms in total. The maximum absolute atomic E-state index is 10.7. The number of aromatic nitrogens is 1. The first kappa shape index (κ1) is 11.8. The molecule has 1 aromatic rings. The molecule has 0 fully saturated rings. The number of primary amides is 1. The van der Waals surface area contributed by atoms with Gasteiger partial charge in [0.05, 0.1) is 6.42 Å².